The Hall–Kier alpha value is -1.63. The van der Waals surface area contributed by atoms with Gasteiger partial charge in [-0.15, -0.1) is 0 Å². The molecular formula is C59H116N2O5. The normalized spacial score (nSPS) is 12.6. The van der Waals surface area contributed by atoms with E-state index in [4.69, 9.17) is 9.47 Å². The molecule has 392 valence electrons. The molecular weight excluding hydrogens is 817 g/mol. The molecule has 0 aromatic heterocycles. The van der Waals surface area contributed by atoms with Gasteiger partial charge in [0.1, 0.15) is 0 Å². The van der Waals surface area contributed by atoms with E-state index < -0.39 is 0 Å². The second-order valence-electron chi connectivity index (χ2n) is 21.0. The van der Waals surface area contributed by atoms with E-state index in [9.17, 15) is 14.4 Å². The summed E-state index contributed by atoms with van der Waals surface area (Å²) in [6, 6.07) is 0.200. The summed E-state index contributed by atoms with van der Waals surface area (Å²) in [6.45, 7) is 14.3. The van der Waals surface area contributed by atoms with Crippen LogP contribution in [0.1, 0.15) is 304 Å². The minimum atomic E-state index is -0.0488. The average Bonchev–Trinajstić information content (AvgIpc) is 3.30. The first-order valence-corrected chi connectivity index (χ1v) is 29.5. The van der Waals surface area contributed by atoms with Crippen LogP contribution in [-0.4, -0.2) is 74.1 Å². The molecule has 0 spiro atoms. The Labute approximate surface area is 412 Å². The molecule has 2 unspecified atom stereocenters. The van der Waals surface area contributed by atoms with Crippen molar-refractivity contribution < 1.29 is 23.9 Å². The summed E-state index contributed by atoms with van der Waals surface area (Å²) < 4.78 is 11.7. The first-order chi connectivity index (χ1) is 32.2. The molecule has 0 radical (unpaired) electrons. The quantitative estimate of drug-likeness (QED) is 0.0447. The first-order valence-electron chi connectivity index (χ1n) is 29.5. The minimum Gasteiger partial charge on any atom is -0.466 e. The number of hydrogen-bond acceptors (Lipinski definition) is 6. The van der Waals surface area contributed by atoms with Gasteiger partial charge in [-0.25, -0.2) is 0 Å². The molecule has 0 aromatic rings. The summed E-state index contributed by atoms with van der Waals surface area (Å²) in [5.74, 6) is 1.50. The summed E-state index contributed by atoms with van der Waals surface area (Å²) in [5, 5.41) is 0. The second kappa shape index (κ2) is 49.8. The molecule has 0 fully saturated rings. The van der Waals surface area contributed by atoms with Gasteiger partial charge in [0.05, 0.1) is 13.2 Å². The highest BCUT2D eigenvalue weighted by Crippen LogP contribution is 2.25. The van der Waals surface area contributed by atoms with E-state index in [2.05, 4.69) is 58.5 Å². The fourth-order valence-electron chi connectivity index (χ4n) is 9.83. The Morgan fingerprint density at radius 2 is 0.727 bits per heavy atom. The summed E-state index contributed by atoms with van der Waals surface area (Å²) >= 11 is 0. The molecule has 0 aliphatic heterocycles. The maximum Gasteiger partial charge on any atom is 0.305 e. The molecule has 7 nitrogen and oxygen atoms in total. The van der Waals surface area contributed by atoms with Crippen LogP contribution in [0.15, 0.2) is 0 Å². The number of ether oxygens (including phenoxy) is 2. The minimum absolute atomic E-state index is 0.0363. The van der Waals surface area contributed by atoms with Crippen molar-refractivity contribution in [3.63, 3.8) is 0 Å². The lowest BCUT2D eigenvalue weighted by Gasteiger charge is -2.33. The van der Waals surface area contributed by atoms with Crippen molar-refractivity contribution in [2.24, 2.45) is 11.8 Å². The van der Waals surface area contributed by atoms with Crippen molar-refractivity contribution in [3.05, 3.63) is 0 Å². The molecule has 1 amide bonds. The number of esters is 2. The van der Waals surface area contributed by atoms with Crippen LogP contribution in [-0.2, 0) is 23.9 Å². The molecule has 0 aromatic carbocycles. The van der Waals surface area contributed by atoms with Crippen molar-refractivity contribution in [1.82, 2.24) is 9.80 Å². The number of carbonyl (C=O) groups excluding carboxylic acids is 3. The maximum atomic E-state index is 14.0. The summed E-state index contributed by atoms with van der Waals surface area (Å²) in [6.07, 6.45) is 48.0. The van der Waals surface area contributed by atoms with Crippen LogP contribution in [0, 0.1) is 11.8 Å². The van der Waals surface area contributed by atoms with Crippen LogP contribution >= 0.6 is 0 Å². The van der Waals surface area contributed by atoms with E-state index in [1.165, 1.54) is 173 Å². The van der Waals surface area contributed by atoms with E-state index in [0.29, 0.717) is 44.3 Å². The lowest BCUT2D eigenvalue weighted by molar-refractivity contribution is -0.145. The third kappa shape index (κ3) is 42.5. The van der Waals surface area contributed by atoms with Crippen molar-refractivity contribution in [3.8, 4) is 0 Å². The number of unbranched alkanes of at least 4 members (excludes halogenated alkanes) is 23. The van der Waals surface area contributed by atoms with Crippen molar-refractivity contribution >= 4 is 17.8 Å². The molecule has 66 heavy (non-hydrogen) atoms. The highest BCUT2D eigenvalue weighted by Gasteiger charge is 2.23. The molecule has 0 rings (SSSR count). The molecule has 0 aliphatic rings. The number of nitrogens with zero attached hydrogens (tertiary/aromatic N) is 2. The van der Waals surface area contributed by atoms with E-state index >= 15 is 0 Å². The number of hydrogen-bond donors (Lipinski definition) is 0. The van der Waals surface area contributed by atoms with Gasteiger partial charge >= 0.3 is 11.9 Å². The van der Waals surface area contributed by atoms with Crippen LogP contribution in [0.3, 0.4) is 0 Å². The molecule has 0 saturated carbocycles. The zero-order valence-corrected chi connectivity index (χ0v) is 45.7. The number of carbonyl (C=O) groups is 3. The monoisotopic (exact) mass is 933 g/mol. The summed E-state index contributed by atoms with van der Waals surface area (Å²) in [5.41, 5.74) is 0. The molecule has 0 aliphatic carbocycles. The van der Waals surface area contributed by atoms with Crippen molar-refractivity contribution in [2.45, 2.75) is 310 Å². The number of rotatable bonds is 52. The predicted molar refractivity (Wildman–Crippen MR) is 285 cm³/mol. The Kier molecular flexibility index (Phi) is 48.6. The lowest BCUT2D eigenvalue weighted by Crippen LogP contribution is -2.41. The van der Waals surface area contributed by atoms with Gasteiger partial charge < -0.3 is 19.3 Å². The fraction of sp³-hybridized carbons (Fsp3) is 0.949. The summed E-state index contributed by atoms with van der Waals surface area (Å²) in [7, 11) is 4.22. The van der Waals surface area contributed by atoms with E-state index in [-0.39, 0.29) is 18.0 Å². The van der Waals surface area contributed by atoms with Gasteiger partial charge in [-0.2, -0.15) is 0 Å². The van der Waals surface area contributed by atoms with E-state index in [1.807, 2.05) is 0 Å². The van der Waals surface area contributed by atoms with Gasteiger partial charge in [-0.05, 0) is 96.7 Å². The SMILES string of the molecule is CCCCCCCCC(=O)N(CCCN(C)C)C(CCCCCC(=O)OCCCC(CCCCCC)CCCCCC)CCCCCC(=O)OCC(CCCCCC)CCCCCCCC. The van der Waals surface area contributed by atoms with Crippen LogP contribution in [0.5, 0.6) is 0 Å². The topological polar surface area (TPSA) is 76.2 Å². The maximum absolute atomic E-state index is 14.0. The van der Waals surface area contributed by atoms with Crippen LogP contribution in [0.25, 0.3) is 0 Å². The van der Waals surface area contributed by atoms with Gasteiger partial charge in [0.25, 0.3) is 0 Å². The van der Waals surface area contributed by atoms with Gasteiger partial charge in [-0.3, -0.25) is 14.4 Å². The van der Waals surface area contributed by atoms with E-state index in [1.54, 1.807) is 0 Å². The molecule has 0 heterocycles. The Morgan fingerprint density at radius 3 is 1.21 bits per heavy atom. The zero-order valence-electron chi connectivity index (χ0n) is 45.7. The zero-order chi connectivity index (χ0) is 48.6. The molecule has 0 N–H and O–H groups in total. The summed E-state index contributed by atoms with van der Waals surface area (Å²) in [4.78, 5) is 44.2. The fourth-order valence-corrected chi connectivity index (χ4v) is 9.83. The third-order valence-electron chi connectivity index (χ3n) is 14.2. The van der Waals surface area contributed by atoms with Gasteiger partial charge in [-0.1, -0.05) is 221 Å². The highest BCUT2D eigenvalue weighted by molar-refractivity contribution is 5.76. The molecule has 0 saturated heterocycles. The molecule has 2 atom stereocenters. The Bertz CT molecular complexity index is 1040. The predicted octanol–water partition coefficient (Wildman–Crippen LogP) is 17.5. The van der Waals surface area contributed by atoms with E-state index in [0.717, 1.165) is 96.1 Å². The van der Waals surface area contributed by atoms with Gasteiger partial charge in [0.2, 0.25) is 5.91 Å². The molecule has 7 heteroatoms. The van der Waals surface area contributed by atoms with Crippen molar-refractivity contribution in [2.75, 3.05) is 40.4 Å². The smallest absolute Gasteiger partial charge is 0.305 e. The largest absolute Gasteiger partial charge is 0.466 e. The second-order valence-corrected chi connectivity index (χ2v) is 21.0. The standard InChI is InChI=1S/C59H116N2O5/c1-8-13-18-23-25-32-43-55(42-31-22-17-12-5)53-66-59(64)49-37-28-34-46-56(61(51-39-50-60(6)7)57(62)47-35-26-24-19-14-9-2)45-33-27-36-48-58(63)65-52-38-44-54(40-29-20-15-10-3)41-30-21-16-11-4/h54-56H,8-53H2,1-7H3. The van der Waals surface area contributed by atoms with Crippen LogP contribution < -0.4 is 0 Å². The lowest BCUT2D eigenvalue weighted by atomic mass is 9.91. The molecule has 0 bridgehead atoms. The van der Waals surface area contributed by atoms with Crippen LogP contribution in [0.2, 0.25) is 0 Å². The number of amides is 1. The van der Waals surface area contributed by atoms with Gasteiger partial charge in [0, 0.05) is 31.8 Å². The van der Waals surface area contributed by atoms with Crippen molar-refractivity contribution in [1.29, 1.82) is 0 Å². The van der Waals surface area contributed by atoms with Gasteiger partial charge in [0.15, 0.2) is 0 Å². The highest BCUT2D eigenvalue weighted by atomic mass is 16.5. The van der Waals surface area contributed by atoms with Crippen LogP contribution in [0.4, 0.5) is 0 Å². The average molecular weight is 934 g/mol. The Balaban J connectivity index is 5.23. The first kappa shape index (κ1) is 64.4. The third-order valence-corrected chi connectivity index (χ3v) is 14.2. The Morgan fingerprint density at radius 1 is 0.364 bits per heavy atom.